The molecule has 7 heteroatoms. The van der Waals surface area contributed by atoms with Crippen molar-refractivity contribution in [3.63, 3.8) is 0 Å². The van der Waals surface area contributed by atoms with Crippen LogP contribution in [-0.2, 0) is 25.1 Å². The summed E-state index contributed by atoms with van der Waals surface area (Å²) in [5, 5.41) is 0. The minimum absolute atomic E-state index is 0.0711. The average Bonchev–Trinajstić information content (AvgIpc) is 2.64. The van der Waals surface area contributed by atoms with Crippen LogP contribution in [0.4, 0.5) is 0 Å². The van der Waals surface area contributed by atoms with E-state index in [-0.39, 0.29) is 18.3 Å². The number of benzene rings is 1. The maximum Gasteiger partial charge on any atom is 0.338 e. The zero-order valence-corrected chi connectivity index (χ0v) is 16.5. The topological polar surface area (TPSA) is 80.7 Å². The van der Waals surface area contributed by atoms with Crippen molar-refractivity contribution in [1.82, 2.24) is 4.90 Å². The van der Waals surface area contributed by atoms with Crippen LogP contribution >= 0.6 is 0 Å². The Morgan fingerprint density at radius 3 is 2.44 bits per heavy atom. The third-order valence-corrected chi connectivity index (χ3v) is 6.37. The number of likely N-dealkylation sites (tertiary alicyclic amines) is 1. The molecule has 0 bridgehead atoms. The Balaban J connectivity index is 1.54. The Labute approximate surface area is 160 Å². The van der Waals surface area contributed by atoms with Gasteiger partial charge < -0.3 is 9.64 Å². The largest absolute Gasteiger partial charge is 0.452 e. The number of hydrogen-bond donors (Lipinski definition) is 0. The molecule has 6 nitrogen and oxygen atoms in total. The molecule has 0 unspecified atom stereocenters. The SMILES string of the molecule is CS(=O)(=O)Cc1ccc(C(=O)OCC(=O)N2CCC[C@H]3CCCC[C@@H]32)cc1. The van der Waals surface area contributed by atoms with E-state index < -0.39 is 15.8 Å². The number of hydrogen-bond acceptors (Lipinski definition) is 5. The molecule has 1 saturated carbocycles. The molecule has 2 fully saturated rings. The first-order valence-corrected chi connectivity index (χ1v) is 11.6. The van der Waals surface area contributed by atoms with Gasteiger partial charge in [0.25, 0.3) is 5.91 Å². The molecule has 1 aliphatic carbocycles. The summed E-state index contributed by atoms with van der Waals surface area (Å²) in [6.45, 7) is 0.505. The molecule has 1 aromatic rings. The number of nitrogens with zero attached hydrogens (tertiary/aromatic N) is 1. The fraction of sp³-hybridized carbons (Fsp3) is 0.600. The summed E-state index contributed by atoms with van der Waals surface area (Å²) in [4.78, 5) is 26.7. The fourth-order valence-electron chi connectivity index (χ4n) is 4.27. The minimum Gasteiger partial charge on any atom is -0.452 e. The first-order valence-electron chi connectivity index (χ1n) is 9.57. The van der Waals surface area contributed by atoms with Gasteiger partial charge in [0, 0.05) is 18.8 Å². The van der Waals surface area contributed by atoms with Crippen molar-refractivity contribution >= 4 is 21.7 Å². The van der Waals surface area contributed by atoms with Crippen molar-refractivity contribution in [3.8, 4) is 0 Å². The molecule has 2 atom stereocenters. The van der Waals surface area contributed by atoms with Crippen LogP contribution in [0.3, 0.4) is 0 Å². The molecule has 0 N–H and O–H groups in total. The monoisotopic (exact) mass is 393 g/mol. The molecule has 0 radical (unpaired) electrons. The molecular formula is C20H27NO5S. The highest BCUT2D eigenvalue weighted by atomic mass is 32.2. The third kappa shape index (κ3) is 5.31. The van der Waals surface area contributed by atoms with E-state index in [1.807, 2.05) is 4.90 Å². The second-order valence-corrected chi connectivity index (χ2v) is 9.82. The standard InChI is InChI=1S/C20H27NO5S/c1-27(24,25)14-15-8-10-17(11-9-15)20(23)26-13-19(22)21-12-4-6-16-5-2-3-7-18(16)21/h8-11,16,18H,2-7,12-14H2,1H3/t16-,18+/m1/s1. The molecular weight excluding hydrogens is 366 g/mol. The van der Waals surface area contributed by atoms with E-state index in [9.17, 15) is 18.0 Å². The summed E-state index contributed by atoms with van der Waals surface area (Å²) in [6.07, 6.45) is 8.01. The van der Waals surface area contributed by atoms with Gasteiger partial charge in [-0.25, -0.2) is 13.2 Å². The second kappa shape index (κ2) is 8.42. The van der Waals surface area contributed by atoms with Gasteiger partial charge in [0.15, 0.2) is 16.4 Å². The highest BCUT2D eigenvalue weighted by Crippen LogP contribution is 2.35. The zero-order valence-electron chi connectivity index (χ0n) is 15.7. The minimum atomic E-state index is -3.12. The van der Waals surface area contributed by atoms with Gasteiger partial charge in [0.1, 0.15) is 0 Å². The predicted molar refractivity (Wildman–Crippen MR) is 102 cm³/mol. The quantitative estimate of drug-likeness (QED) is 0.718. The van der Waals surface area contributed by atoms with Gasteiger partial charge in [-0.2, -0.15) is 0 Å². The number of ether oxygens (including phenoxy) is 1. The molecule has 2 aliphatic rings. The van der Waals surface area contributed by atoms with Gasteiger partial charge in [-0.15, -0.1) is 0 Å². The van der Waals surface area contributed by atoms with E-state index >= 15 is 0 Å². The maximum atomic E-state index is 12.6. The Morgan fingerprint density at radius 2 is 1.74 bits per heavy atom. The molecule has 148 valence electrons. The highest BCUT2D eigenvalue weighted by Gasteiger charge is 2.35. The van der Waals surface area contributed by atoms with Crippen molar-refractivity contribution < 1.29 is 22.7 Å². The third-order valence-electron chi connectivity index (χ3n) is 5.51. The number of rotatable bonds is 5. The number of amides is 1. The number of carbonyl (C=O) groups is 2. The molecule has 3 rings (SSSR count). The normalized spacial score (nSPS) is 22.8. The van der Waals surface area contributed by atoms with Crippen LogP contribution in [-0.4, -0.2) is 50.6 Å². The van der Waals surface area contributed by atoms with Gasteiger partial charge >= 0.3 is 5.97 Å². The number of sulfone groups is 1. The lowest BCUT2D eigenvalue weighted by Crippen LogP contribution is -2.50. The lowest BCUT2D eigenvalue weighted by Gasteiger charge is -2.44. The summed E-state index contributed by atoms with van der Waals surface area (Å²) in [7, 11) is -3.12. The summed E-state index contributed by atoms with van der Waals surface area (Å²) < 4.78 is 27.8. The molecule has 1 amide bonds. The first-order chi connectivity index (χ1) is 12.8. The van der Waals surface area contributed by atoms with E-state index in [1.165, 1.54) is 31.4 Å². The summed E-state index contributed by atoms with van der Waals surface area (Å²) in [5.74, 6) is -0.159. The van der Waals surface area contributed by atoms with Gasteiger partial charge in [0.2, 0.25) is 0 Å². The molecule has 1 aromatic carbocycles. The van der Waals surface area contributed by atoms with Crippen LogP contribution < -0.4 is 0 Å². The zero-order chi connectivity index (χ0) is 19.4. The predicted octanol–water partition coefficient (Wildman–Crippen LogP) is 2.57. The van der Waals surface area contributed by atoms with Crippen molar-refractivity contribution in [2.24, 2.45) is 5.92 Å². The average molecular weight is 394 g/mol. The second-order valence-electron chi connectivity index (χ2n) is 7.68. The van der Waals surface area contributed by atoms with Gasteiger partial charge in [-0.05, 0) is 49.3 Å². The number of carbonyl (C=O) groups excluding carboxylic acids is 2. The van der Waals surface area contributed by atoms with Gasteiger partial charge in [0.05, 0.1) is 11.3 Å². The van der Waals surface area contributed by atoms with Crippen LogP contribution in [0, 0.1) is 5.92 Å². The Bertz CT molecular complexity index is 785. The van der Waals surface area contributed by atoms with E-state index in [0.29, 0.717) is 23.1 Å². The molecule has 1 aliphatic heterocycles. The van der Waals surface area contributed by atoms with Crippen LogP contribution in [0.2, 0.25) is 0 Å². The van der Waals surface area contributed by atoms with Crippen LogP contribution in [0.5, 0.6) is 0 Å². The van der Waals surface area contributed by atoms with E-state index in [2.05, 4.69) is 0 Å². The molecule has 0 spiro atoms. The van der Waals surface area contributed by atoms with E-state index in [0.717, 1.165) is 32.1 Å². The fourth-order valence-corrected chi connectivity index (χ4v) is 5.07. The highest BCUT2D eigenvalue weighted by molar-refractivity contribution is 7.89. The summed E-state index contributed by atoms with van der Waals surface area (Å²) in [6, 6.07) is 6.55. The molecule has 1 saturated heterocycles. The summed E-state index contributed by atoms with van der Waals surface area (Å²) >= 11 is 0. The number of fused-ring (bicyclic) bond motifs is 1. The Kier molecular flexibility index (Phi) is 6.19. The van der Waals surface area contributed by atoms with Crippen molar-refractivity contribution in [1.29, 1.82) is 0 Å². The molecule has 0 aromatic heterocycles. The smallest absolute Gasteiger partial charge is 0.338 e. The Morgan fingerprint density at radius 1 is 1.07 bits per heavy atom. The number of esters is 1. The number of piperidine rings is 1. The van der Waals surface area contributed by atoms with Crippen molar-refractivity contribution in [3.05, 3.63) is 35.4 Å². The maximum absolute atomic E-state index is 12.6. The lowest BCUT2D eigenvalue weighted by atomic mass is 9.78. The molecule has 1 heterocycles. The van der Waals surface area contributed by atoms with E-state index in [1.54, 1.807) is 12.1 Å². The van der Waals surface area contributed by atoms with Crippen LogP contribution in [0.1, 0.15) is 54.4 Å². The Hall–Kier alpha value is -1.89. The van der Waals surface area contributed by atoms with Crippen molar-refractivity contribution in [2.75, 3.05) is 19.4 Å². The lowest BCUT2D eigenvalue weighted by molar-refractivity contribution is -0.140. The van der Waals surface area contributed by atoms with Gasteiger partial charge in [-0.3, -0.25) is 4.79 Å². The van der Waals surface area contributed by atoms with Crippen LogP contribution in [0.25, 0.3) is 0 Å². The molecule has 27 heavy (non-hydrogen) atoms. The van der Waals surface area contributed by atoms with Gasteiger partial charge in [-0.1, -0.05) is 25.0 Å². The van der Waals surface area contributed by atoms with Crippen LogP contribution in [0.15, 0.2) is 24.3 Å². The first kappa shape index (κ1) is 19.9. The summed E-state index contributed by atoms with van der Waals surface area (Å²) in [5.41, 5.74) is 0.927. The van der Waals surface area contributed by atoms with E-state index in [4.69, 9.17) is 4.74 Å². The van der Waals surface area contributed by atoms with Crippen molar-refractivity contribution in [2.45, 2.75) is 50.3 Å².